The molecule has 7 nitrogen and oxygen atoms in total. The molecule has 3 N–H and O–H groups in total. The third kappa shape index (κ3) is 1.86. The van der Waals surface area contributed by atoms with E-state index in [0.717, 1.165) is 0 Å². The van der Waals surface area contributed by atoms with Crippen LogP contribution in [0.3, 0.4) is 0 Å². The van der Waals surface area contributed by atoms with Crippen LogP contribution in [0.4, 0.5) is 4.79 Å². The number of aliphatic carboxylic acids is 1. The smallest absolute Gasteiger partial charge is 0.325 e. The molecule has 2 heterocycles. The highest BCUT2D eigenvalue weighted by atomic mass is 16.4. The summed E-state index contributed by atoms with van der Waals surface area (Å²) in [6.45, 7) is 1.84. The van der Waals surface area contributed by atoms with Crippen molar-refractivity contribution >= 4 is 17.9 Å². The Morgan fingerprint density at radius 2 is 2.12 bits per heavy atom. The van der Waals surface area contributed by atoms with Gasteiger partial charge in [0.05, 0.1) is 18.0 Å². The number of piperidine rings is 1. The van der Waals surface area contributed by atoms with Gasteiger partial charge in [-0.2, -0.15) is 0 Å². The Hall–Kier alpha value is -1.63. The van der Waals surface area contributed by atoms with Crippen molar-refractivity contribution in [2.75, 3.05) is 7.05 Å². The Morgan fingerprint density at radius 1 is 1.47 bits per heavy atom. The summed E-state index contributed by atoms with van der Waals surface area (Å²) in [5, 5.41) is 14.4. The van der Waals surface area contributed by atoms with Crippen molar-refractivity contribution in [3.05, 3.63) is 0 Å². The van der Waals surface area contributed by atoms with Gasteiger partial charge in [0.1, 0.15) is 0 Å². The number of carboxylic acid groups (broad SMARTS) is 1. The Bertz CT molecular complexity index is 384. The summed E-state index contributed by atoms with van der Waals surface area (Å²) in [6.07, 6.45) is -0.160. The lowest BCUT2D eigenvalue weighted by molar-refractivity contribution is -0.153. The fraction of sp³-hybridized carbons (Fsp3) is 0.700. The number of carbonyl (C=O) groups excluding carboxylic acids is 2. The van der Waals surface area contributed by atoms with Gasteiger partial charge in [-0.3, -0.25) is 20.2 Å². The molecule has 0 bridgehead atoms. The van der Waals surface area contributed by atoms with Crippen molar-refractivity contribution in [1.82, 2.24) is 15.5 Å². The monoisotopic (exact) mass is 241 g/mol. The molecule has 2 saturated heterocycles. The van der Waals surface area contributed by atoms with Crippen LogP contribution in [0.2, 0.25) is 0 Å². The molecule has 0 spiro atoms. The Labute approximate surface area is 98.2 Å². The molecule has 17 heavy (non-hydrogen) atoms. The van der Waals surface area contributed by atoms with Gasteiger partial charge in [-0.15, -0.1) is 0 Å². The van der Waals surface area contributed by atoms with Crippen molar-refractivity contribution in [2.24, 2.45) is 11.8 Å². The van der Waals surface area contributed by atoms with Gasteiger partial charge < -0.3 is 10.0 Å². The summed E-state index contributed by atoms with van der Waals surface area (Å²) < 4.78 is 0. The molecule has 2 rings (SSSR count). The molecule has 94 valence electrons. The highest BCUT2D eigenvalue weighted by Gasteiger charge is 2.50. The third-order valence-corrected chi connectivity index (χ3v) is 3.42. The fourth-order valence-corrected chi connectivity index (χ4v) is 2.55. The fourth-order valence-electron chi connectivity index (χ4n) is 2.55. The van der Waals surface area contributed by atoms with E-state index < -0.39 is 35.9 Å². The van der Waals surface area contributed by atoms with Crippen molar-refractivity contribution in [3.8, 4) is 0 Å². The number of amides is 3. The zero-order chi connectivity index (χ0) is 12.7. The number of fused-ring (bicyclic) bond motifs is 1. The molecule has 0 saturated carbocycles. The van der Waals surface area contributed by atoms with Gasteiger partial charge in [0, 0.05) is 13.1 Å². The molecule has 7 heteroatoms. The zero-order valence-electron chi connectivity index (χ0n) is 9.64. The number of hydrogen-bond donors (Lipinski definition) is 3. The lowest BCUT2D eigenvalue weighted by Crippen LogP contribution is -2.69. The first-order valence-corrected chi connectivity index (χ1v) is 5.48. The van der Waals surface area contributed by atoms with Crippen LogP contribution in [0.1, 0.15) is 13.3 Å². The first-order chi connectivity index (χ1) is 7.91. The summed E-state index contributed by atoms with van der Waals surface area (Å²) in [5.74, 6) is -2.99. The van der Waals surface area contributed by atoms with Gasteiger partial charge in [-0.1, -0.05) is 0 Å². The zero-order valence-corrected chi connectivity index (χ0v) is 9.64. The summed E-state index contributed by atoms with van der Waals surface area (Å²) in [4.78, 5) is 35.7. The minimum atomic E-state index is -0.994. The van der Waals surface area contributed by atoms with E-state index in [9.17, 15) is 14.4 Å². The highest BCUT2D eigenvalue weighted by Crippen LogP contribution is 2.30. The third-order valence-electron chi connectivity index (χ3n) is 3.42. The number of carbonyl (C=O) groups is 3. The second-order valence-corrected chi connectivity index (χ2v) is 4.62. The minimum absolute atomic E-state index is 0.0431. The number of imide groups is 1. The van der Waals surface area contributed by atoms with Crippen molar-refractivity contribution < 1.29 is 19.5 Å². The number of nitrogens with zero attached hydrogens (tertiary/aromatic N) is 1. The summed E-state index contributed by atoms with van der Waals surface area (Å²) in [5.41, 5.74) is 0. The first kappa shape index (κ1) is 11.8. The SMILES string of the molecule is CC1CC(C(=O)O)C2C(=O)NC(=O)N(C)C2N1. The normalized spacial score (nSPS) is 37.4. The number of hydrogen-bond acceptors (Lipinski definition) is 4. The Morgan fingerprint density at radius 3 is 2.71 bits per heavy atom. The number of carboxylic acids is 1. The molecule has 3 amide bonds. The maximum Gasteiger partial charge on any atom is 0.325 e. The average Bonchev–Trinajstić information content (AvgIpc) is 2.24. The molecule has 2 aliphatic heterocycles. The highest BCUT2D eigenvalue weighted by molar-refractivity contribution is 6.00. The van der Waals surface area contributed by atoms with Crippen molar-refractivity contribution in [1.29, 1.82) is 0 Å². The van der Waals surface area contributed by atoms with Gasteiger partial charge in [-0.25, -0.2) is 4.79 Å². The largest absolute Gasteiger partial charge is 0.481 e. The van der Waals surface area contributed by atoms with E-state index in [2.05, 4.69) is 10.6 Å². The maximum atomic E-state index is 11.7. The van der Waals surface area contributed by atoms with E-state index in [4.69, 9.17) is 5.11 Å². The van der Waals surface area contributed by atoms with E-state index in [1.807, 2.05) is 6.92 Å². The summed E-state index contributed by atoms with van der Waals surface area (Å²) >= 11 is 0. The predicted molar refractivity (Wildman–Crippen MR) is 56.9 cm³/mol. The Kier molecular flexibility index (Phi) is 2.78. The minimum Gasteiger partial charge on any atom is -0.481 e. The average molecular weight is 241 g/mol. The van der Waals surface area contributed by atoms with Crippen LogP contribution in [0.5, 0.6) is 0 Å². The number of rotatable bonds is 1. The molecule has 0 aliphatic carbocycles. The number of urea groups is 1. The van der Waals surface area contributed by atoms with E-state index >= 15 is 0 Å². The lowest BCUT2D eigenvalue weighted by Gasteiger charge is -2.46. The van der Waals surface area contributed by atoms with E-state index in [1.165, 1.54) is 4.90 Å². The predicted octanol–water partition coefficient (Wildman–Crippen LogP) is -0.807. The standard InChI is InChI=1S/C10H15N3O4/c1-4-3-5(9(15)16)6-7(11-4)13(2)10(17)12-8(6)14/h4-7,11H,3H2,1-2H3,(H,15,16)(H,12,14,17). The van der Waals surface area contributed by atoms with Gasteiger partial charge in [0.25, 0.3) is 0 Å². The summed E-state index contributed by atoms with van der Waals surface area (Å²) in [6, 6.07) is -0.541. The quantitative estimate of drug-likeness (QED) is 0.558. The van der Waals surface area contributed by atoms with Crippen LogP contribution >= 0.6 is 0 Å². The van der Waals surface area contributed by atoms with Crippen molar-refractivity contribution in [3.63, 3.8) is 0 Å². The van der Waals surface area contributed by atoms with E-state index in [1.54, 1.807) is 7.05 Å². The molecule has 0 aromatic rings. The van der Waals surface area contributed by atoms with Crippen LogP contribution in [-0.4, -0.2) is 47.2 Å². The molecule has 2 aliphatic rings. The van der Waals surface area contributed by atoms with Crippen LogP contribution in [-0.2, 0) is 9.59 Å². The van der Waals surface area contributed by atoms with Gasteiger partial charge >= 0.3 is 12.0 Å². The van der Waals surface area contributed by atoms with Crippen LogP contribution < -0.4 is 10.6 Å². The maximum absolute atomic E-state index is 11.7. The van der Waals surface area contributed by atoms with Crippen LogP contribution in [0.15, 0.2) is 0 Å². The molecular formula is C10H15N3O4. The van der Waals surface area contributed by atoms with E-state index in [-0.39, 0.29) is 6.04 Å². The molecular weight excluding hydrogens is 226 g/mol. The van der Waals surface area contributed by atoms with Gasteiger partial charge in [-0.05, 0) is 13.3 Å². The molecule has 0 aromatic carbocycles. The van der Waals surface area contributed by atoms with Crippen molar-refractivity contribution in [2.45, 2.75) is 25.6 Å². The molecule has 2 fully saturated rings. The second-order valence-electron chi connectivity index (χ2n) is 4.62. The second kappa shape index (κ2) is 3.99. The molecule has 0 aromatic heterocycles. The van der Waals surface area contributed by atoms with Gasteiger partial charge in [0.15, 0.2) is 0 Å². The molecule has 0 radical (unpaired) electrons. The molecule has 4 unspecified atom stereocenters. The van der Waals surface area contributed by atoms with Crippen LogP contribution in [0, 0.1) is 11.8 Å². The lowest BCUT2D eigenvalue weighted by atomic mass is 9.79. The topological polar surface area (TPSA) is 98.7 Å². The first-order valence-electron chi connectivity index (χ1n) is 5.48. The summed E-state index contributed by atoms with van der Waals surface area (Å²) in [7, 11) is 1.55. The Balaban J connectivity index is 2.33. The number of nitrogens with one attached hydrogen (secondary N) is 2. The van der Waals surface area contributed by atoms with Gasteiger partial charge in [0.2, 0.25) is 5.91 Å². The molecule has 4 atom stereocenters. The van der Waals surface area contributed by atoms with Crippen LogP contribution in [0.25, 0.3) is 0 Å². The van der Waals surface area contributed by atoms with E-state index in [0.29, 0.717) is 6.42 Å².